The zero-order valence-electron chi connectivity index (χ0n) is 20.7. The van der Waals surface area contributed by atoms with Crippen LogP contribution in [0.15, 0.2) is 24.3 Å². The van der Waals surface area contributed by atoms with Crippen LogP contribution in [-0.2, 0) is 35.2 Å². The number of carboxylic acids is 2. The summed E-state index contributed by atoms with van der Waals surface area (Å²) in [6.07, 6.45) is 0.484. The second-order valence-corrected chi connectivity index (χ2v) is 9.37. The maximum absolute atomic E-state index is 13.1. The molecule has 0 heterocycles. The number of nitrogens with one attached hydrogen (secondary N) is 3. The number of rotatable bonds is 17. The molecule has 1 aromatic rings. The van der Waals surface area contributed by atoms with Crippen molar-refractivity contribution in [2.24, 2.45) is 11.5 Å². The van der Waals surface area contributed by atoms with Crippen molar-refractivity contribution >= 4 is 47.3 Å². The van der Waals surface area contributed by atoms with Gasteiger partial charge in [0.2, 0.25) is 23.6 Å². The highest BCUT2D eigenvalue weighted by Gasteiger charge is 2.31. The molecule has 0 radical (unpaired) electrons. The number of hydrogen-bond acceptors (Lipinski definition) is 9. The first-order valence-electron chi connectivity index (χ1n) is 11.5. The molecule has 0 spiro atoms. The molecule has 1 aromatic carbocycles. The van der Waals surface area contributed by atoms with E-state index >= 15 is 0 Å². The van der Waals surface area contributed by atoms with Gasteiger partial charge in [-0.3, -0.25) is 24.0 Å². The standard InChI is InChI=1S/C23H33N5O9S/c1-38-9-8-16(23(36)37)27-22(35)17(10-12-2-4-13(29)5-3-12)28-21(34)15(6-7-18(25)30)26-20(33)14(24)11-19(31)32/h2-5,14-17,29H,6-11,24H2,1H3,(H2,25,30)(H,26,33)(H,27,35)(H,28,34)(H,31,32)(H,36,37). The molecule has 4 amide bonds. The Morgan fingerprint density at radius 1 is 0.868 bits per heavy atom. The van der Waals surface area contributed by atoms with Gasteiger partial charge in [0.1, 0.15) is 23.9 Å². The number of hydrogen-bond donors (Lipinski definition) is 8. The van der Waals surface area contributed by atoms with Crippen LogP contribution < -0.4 is 27.4 Å². The van der Waals surface area contributed by atoms with Crippen LogP contribution in [0.5, 0.6) is 5.75 Å². The van der Waals surface area contributed by atoms with E-state index in [9.17, 15) is 39.0 Å². The highest BCUT2D eigenvalue weighted by molar-refractivity contribution is 7.98. The molecule has 0 bridgehead atoms. The van der Waals surface area contributed by atoms with E-state index in [-0.39, 0.29) is 31.4 Å². The Morgan fingerprint density at radius 3 is 1.95 bits per heavy atom. The molecular weight excluding hydrogens is 522 g/mol. The summed E-state index contributed by atoms with van der Waals surface area (Å²) in [4.78, 5) is 72.3. The van der Waals surface area contributed by atoms with Crippen molar-refractivity contribution in [1.29, 1.82) is 0 Å². The summed E-state index contributed by atoms with van der Waals surface area (Å²) in [5, 5.41) is 35.0. The first kappa shape index (κ1) is 32.2. The molecule has 0 aromatic heterocycles. The topological polar surface area (TPSA) is 251 Å². The highest BCUT2D eigenvalue weighted by Crippen LogP contribution is 2.12. The van der Waals surface area contributed by atoms with Crippen LogP contribution in [0.1, 0.15) is 31.2 Å². The van der Waals surface area contributed by atoms with Crippen LogP contribution in [-0.4, -0.2) is 87.1 Å². The number of primary amides is 1. The van der Waals surface area contributed by atoms with Gasteiger partial charge >= 0.3 is 11.9 Å². The fraction of sp³-hybridized carbons (Fsp3) is 0.478. The van der Waals surface area contributed by atoms with Gasteiger partial charge in [0.05, 0.1) is 12.5 Å². The fourth-order valence-corrected chi connectivity index (χ4v) is 3.70. The van der Waals surface area contributed by atoms with E-state index in [0.717, 1.165) is 0 Å². The second kappa shape index (κ2) is 16.1. The molecule has 210 valence electrons. The molecule has 0 aliphatic rings. The Hall–Kier alpha value is -3.85. The quantitative estimate of drug-likeness (QED) is 0.107. The van der Waals surface area contributed by atoms with Gasteiger partial charge in [-0.15, -0.1) is 0 Å². The van der Waals surface area contributed by atoms with Crippen LogP contribution in [0.3, 0.4) is 0 Å². The number of nitrogens with two attached hydrogens (primary N) is 2. The SMILES string of the molecule is CSCCC(NC(=O)C(Cc1ccc(O)cc1)NC(=O)C(CCC(N)=O)NC(=O)C(N)CC(=O)O)C(=O)O. The molecule has 0 aliphatic heterocycles. The number of benzene rings is 1. The summed E-state index contributed by atoms with van der Waals surface area (Å²) in [7, 11) is 0. The normalized spacial score (nSPS) is 13.8. The predicted octanol–water partition coefficient (Wildman–Crippen LogP) is -1.71. The molecule has 38 heavy (non-hydrogen) atoms. The minimum absolute atomic E-state index is 0.0336. The van der Waals surface area contributed by atoms with E-state index in [4.69, 9.17) is 16.6 Å². The van der Waals surface area contributed by atoms with Crippen molar-refractivity contribution in [2.75, 3.05) is 12.0 Å². The van der Waals surface area contributed by atoms with Crippen molar-refractivity contribution in [1.82, 2.24) is 16.0 Å². The van der Waals surface area contributed by atoms with Crippen LogP contribution in [0.2, 0.25) is 0 Å². The number of carbonyl (C=O) groups is 6. The van der Waals surface area contributed by atoms with Crippen molar-refractivity contribution in [3.05, 3.63) is 29.8 Å². The molecule has 0 saturated heterocycles. The van der Waals surface area contributed by atoms with Crippen molar-refractivity contribution in [3.63, 3.8) is 0 Å². The van der Waals surface area contributed by atoms with E-state index in [2.05, 4.69) is 16.0 Å². The Balaban J connectivity index is 3.17. The fourth-order valence-electron chi connectivity index (χ4n) is 3.23. The van der Waals surface area contributed by atoms with E-state index in [1.807, 2.05) is 0 Å². The number of amides is 4. The Bertz CT molecular complexity index is 1010. The first-order chi connectivity index (χ1) is 17.8. The summed E-state index contributed by atoms with van der Waals surface area (Å²) in [6, 6.07) is 0.298. The monoisotopic (exact) mass is 555 g/mol. The summed E-state index contributed by atoms with van der Waals surface area (Å²) >= 11 is 1.39. The van der Waals surface area contributed by atoms with Crippen molar-refractivity contribution in [3.8, 4) is 5.75 Å². The van der Waals surface area contributed by atoms with Crippen molar-refractivity contribution in [2.45, 2.75) is 56.3 Å². The minimum atomic E-state index is -1.49. The number of aliphatic carboxylic acids is 2. The average Bonchev–Trinajstić information content (AvgIpc) is 2.83. The van der Waals surface area contributed by atoms with Gasteiger partial charge in [-0.1, -0.05) is 12.1 Å². The molecule has 1 rings (SSSR count). The summed E-state index contributed by atoms with van der Waals surface area (Å²) in [5.41, 5.74) is 11.2. The lowest BCUT2D eigenvalue weighted by Gasteiger charge is -2.25. The number of carbonyl (C=O) groups excluding carboxylic acids is 4. The van der Waals surface area contributed by atoms with Gasteiger partial charge in [0, 0.05) is 12.8 Å². The predicted molar refractivity (Wildman–Crippen MR) is 137 cm³/mol. The number of phenols is 1. The molecule has 0 aliphatic carbocycles. The highest BCUT2D eigenvalue weighted by atomic mass is 32.2. The third-order valence-electron chi connectivity index (χ3n) is 5.28. The Labute approximate surface area is 222 Å². The summed E-state index contributed by atoms with van der Waals surface area (Å²) in [5.74, 6) is -5.66. The maximum atomic E-state index is 13.1. The minimum Gasteiger partial charge on any atom is -0.508 e. The molecule has 0 saturated carbocycles. The zero-order valence-corrected chi connectivity index (χ0v) is 21.5. The van der Waals surface area contributed by atoms with Crippen LogP contribution in [0.25, 0.3) is 0 Å². The van der Waals surface area contributed by atoms with Crippen LogP contribution in [0, 0.1) is 0 Å². The van der Waals surface area contributed by atoms with Gasteiger partial charge in [-0.25, -0.2) is 4.79 Å². The van der Waals surface area contributed by atoms with Gasteiger partial charge in [-0.2, -0.15) is 11.8 Å². The number of carboxylic acid groups (broad SMARTS) is 2. The Morgan fingerprint density at radius 2 is 1.42 bits per heavy atom. The maximum Gasteiger partial charge on any atom is 0.326 e. The third kappa shape index (κ3) is 11.9. The molecule has 15 heteroatoms. The van der Waals surface area contributed by atoms with Crippen LogP contribution in [0.4, 0.5) is 0 Å². The van der Waals surface area contributed by atoms with E-state index in [0.29, 0.717) is 11.3 Å². The van der Waals surface area contributed by atoms with Gasteiger partial charge in [-0.05, 0) is 42.5 Å². The summed E-state index contributed by atoms with van der Waals surface area (Å²) in [6.45, 7) is 0. The average molecular weight is 556 g/mol. The summed E-state index contributed by atoms with van der Waals surface area (Å²) < 4.78 is 0. The lowest BCUT2D eigenvalue weighted by molar-refractivity contribution is -0.142. The Kier molecular flexibility index (Phi) is 13.6. The molecule has 10 N–H and O–H groups in total. The zero-order chi connectivity index (χ0) is 28.8. The molecular formula is C23H33N5O9S. The smallest absolute Gasteiger partial charge is 0.326 e. The van der Waals surface area contributed by atoms with Gasteiger partial charge in [0.15, 0.2) is 0 Å². The van der Waals surface area contributed by atoms with Gasteiger partial charge in [0.25, 0.3) is 0 Å². The lowest BCUT2D eigenvalue weighted by Crippen LogP contribution is -2.57. The lowest BCUT2D eigenvalue weighted by atomic mass is 10.0. The molecule has 14 nitrogen and oxygen atoms in total. The largest absolute Gasteiger partial charge is 0.508 e. The molecule has 4 unspecified atom stereocenters. The number of phenolic OH excluding ortho intramolecular Hbond substituents is 1. The second-order valence-electron chi connectivity index (χ2n) is 8.38. The van der Waals surface area contributed by atoms with E-state index < -0.39 is 66.2 Å². The molecule has 0 fully saturated rings. The van der Waals surface area contributed by atoms with Crippen LogP contribution >= 0.6 is 11.8 Å². The molecule has 4 atom stereocenters. The third-order valence-corrected chi connectivity index (χ3v) is 5.92. The van der Waals surface area contributed by atoms with Gasteiger partial charge < -0.3 is 42.7 Å². The number of thioether (sulfide) groups is 1. The van der Waals surface area contributed by atoms with E-state index in [1.54, 1.807) is 6.26 Å². The van der Waals surface area contributed by atoms with Crippen molar-refractivity contribution < 1.29 is 44.1 Å². The number of aromatic hydroxyl groups is 1. The first-order valence-corrected chi connectivity index (χ1v) is 12.9. The van der Waals surface area contributed by atoms with E-state index in [1.165, 1.54) is 36.0 Å².